The smallest absolute Gasteiger partial charge is 0.335 e. The van der Waals surface area contributed by atoms with Gasteiger partial charge in [-0.2, -0.15) is 4.99 Å². The van der Waals surface area contributed by atoms with Crippen LogP contribution in [0.3, 0.4) is 0 Å². The Kier molecular flexibility index (Phi) is 10.8. The molecule has 0 unspecified atom stereocenters. The number of aliphatic hydroxyl groups is 2. The highest BCUT2D eigenvalue weighted by molar-refractivity contribution is 6.46. The van der Waals surface area contributed by atoms with Gasteiger partial charge in [0.15, 0.2) is 0 Å². The monoisotopic (exact) mass is 750 g/mol. The van der Waals surface area contributed by atoms with Crippen molar-refractivity contribution >= 4 is 58.1 Å². The molecule has 1 fully saturated rings. The van der Waals surface area contributed by atoms with Crippen molar-refractivity contribution in [2.24, 2.45) is 10.9 Å². The molecule has 0 atom stereocenters. The molecule has 2 aliphatic carbocycles. The van der Waals surface area contributed by atoms with Crippen LogP contribution in [0.2, 0.25) is 0 Å². The number of aromatic nitrogens is 2. The molecule has 4 amide bonds. The summed E-state index contributed by atoms with van der Waals surface area (Å²) in [7, 11) is 0. The molecule has 55 heavy (non-hydrogen) atoms. The summed E-state index contributed by atoms with van der Waals surface area (Å²) in [4.78, 5) is 97.8. The first kappa shape index (κ1) is 37.9. The molecular weight excluding hydrogens is 712 g/mol. The number of allylic oxidation sites excluding steroid dienone is 3. The van der Waals surface area contributed by atoms with Crippen molar-refractivity contribution in [2.75, 3.05) is 15.5 Å². The number of carbonyl (C=O) groups excluding carboxylic acids is 5. The number of carbonyl (C=O) groups is 5. The van der Waals surface area contributed by atoms with E-state index in [1.165, 1.54) is 36.4 Å². The average Bonchev–Trinajstić information content (AvgIpc) is 3.64. The van der Waals surface area contributed by atoms with Gasteiger partial charge >= 0.3 is 11.7 Å². The number of aromatic amines is 1. The predicted molar refractivity (Wildman–Crippen MR) is 202 cm³/mol. The summed E-state index contributed by atoms with van der Waals surface area (Å²) in [6.45, 7) is 3.88. The molecule has 0 bridgehead atoms. The molecule has 2 aromatic carbocycles. The van der Waals surface area contributed by atoms with Gasteiger partial charge in [-0.05, 0) is 68.0 Å². The second-order valence-electron chi connectivity index (χ2n) is 13.3. The largest absolute Gasteiger partial charge is 0.506 e. The number of ketones is 1. The van der Waals surface area contributed by atoms with Gasteiger partial charge in [-0.15, -0.1) is 0 Å². The highest BCUT2D eigenvalue weighted by atomic mass is 16.3. The Hall–Kier alpha value is -6.84. The van der Waals surface area contributed by atoms with Crippen LogP contribution in [0.5, 0.6) is 5.88 Å². The van der Waals surface area contributed by atoms with Crippen LogP contribution in [0.25, 0.3) is 11.3 Å². The first-order valence-corrected chi connectivity index (χ1v) is 17.8. The lowest BCUT2D eigenvalue weighted by molar-refractivity contribution is -0.122. The van der Waals surface area contributed by atoms with Crippen molar-refractivity contribution in [3.63, 3.8) is 0 Å². The summed E-state index contributed by atoms with van der Waals surface area (Å²) in [5.41, 5.74) is -4.38. The molecule has 0 saturated heterocycles. The van der Waals surface area contributed by atoms with Gasteiger partial charge in [0, 0.05) is 24.2 Å². The van der Waals surface area contributed by atoms with Gasteiger partial charge in [0.25, 0.3) is 17.4 Å². The first-order valence-electron chi connectivity index (χ1n) is 17.8. The lowest BCUT2D eigenvalue weighted by Gasteiger charge is -2.28. The van der Waals surface area contributed by atoms with Gasteiger partial charge in [0.1, 0.15) is 16.9 Å². The molecule has 16 heteroatoms. The molecule has 16 nitrogen and oxygen atoms in total. The maximum atomic E-state index is 13.8. The number of aromatic hydroxyl groups is 1. The molecule has 0 spiro atoms. The van der Waals surface area contributed by atoms with E-state index in [-0.39, 0.29) is 46.9 Å². The van der Waals surface area contributed by atoms with Gasteiger partial charge in [-0.3, -0.25) is 33.8 Å². The van der Waals surface area contributed by atoms with Crippen LogP contribution >= 0.6 is 0 Å². The lowest BCUT2D eigenvalue weighted by Crippen LogP contribution is -2.45. The highest BCUT2D eigenvalue weighted by Gasteiger charge is 2.47. The number of benzene rings is 2. The third-order valence-corrected chi connectivity index (χ3v) is 9.61. The Morgan fingerprint density at radius 2 is 1.51 bits per heavy atom. The summed E-state index contributed by atoms with van der Waals surface area (Å²) in [6.07, 6.45) is 7.88. The van der Waals surface area contributed by atoms with Gasteiger partial charge in [-0.1, -0.05) is 50.5 Å². The van der Waals surface area contributed by atoms with Crippen LogP contribution in [0.15, 0.2) is 91.7 Å². The van der Waals surface area contributed by atoms with Crippen LogP contribution in [-0.4, -0.2) is 60.3 Å². The van der Waals surface area contributed by atoms with E-state index < -0.39 is 68.8 Å². The highest BCUT2D eigenvalue weighted by Crippen LogP contribution is 2.41. The molecule has 3 aliphatic rings. The Morgan fingerprint density at radius 1 is 0.873 bits per heavy atom. The molecule has 1 saturated carbocycles. The fourth-order valence-electron chi connectivity index (χ4n) is 6.97. The van der Waals surface area contributed by atoms with E-state index in [4.69, 9.17) is 0 Å². The van der Waals surface area contributed by atoms with Crippen molar-refractivity contribution in [3.8, 4) is 11.6 Å². The van der Waals surface area contributed by atoms with Crippen LogP contribution in [0.4, 0.5) is 17.1 Å². The number of aliphatic hydroxyl groups excluding tert-OH is 2. The zero-order valence-corrected chi connectivity index (χ0v) is 30.0. The topological polar surface area (TPSA) is 241 Å². The minimum absolute atomic E-state index is 0.0295. The van der Waals surface area contributed by atoms with Crippen LogP contribution < -0.4 is 26.8 Å². The van der Waals surface area contributed by atoms with E-state index in [9.17, 15) is 48.9 Å². The number of Topliss-reactive ketones (excluding diaryl/α,β-unsaturated/α-hetero) is 1. The molecule has 1 aliphatic heterocycles. The summed E-state index contributed by atoms with van der Waals surface area (Å²) >= 11 is 0. The Balaban J connectivity index is 1.31. The van der Waals surface area contributed by atoms with E-state index in [0.29, 0.717) is 22.3 Å². The Morgan fingerprint density at radius 3 is 2.15 bits per heavy atom. The van der Waals surface area contributed by atoms with Crippen molar-refractivity contribution in [3.05, 3.63) is 103 Å². The van der Waals surface area contributed by atoms with Crippen molar-refractivity contribution < 1.29 is 39.3 Å². The fraction of sp³-hybridized carbons (Fsp3) is 0.282. The maximum absolute atomic E-state index is 13.8. The summed E-state index contributed by atoms with van der Waals surface area (Å²) in [6, 6.07) is 10.5. The van der Waals surface area contributed by atoms with Gasteiger partial charge in [-0.25, -0.2) is 14.3 Å². The Bertz CT molecular complexity index is 2390. The summed E-state index contributed by atoms with van der Waals surface area (Å²) in [5.74, 6) is -6.20. The van der Waals surface area contributed by atoms with E-state index in [0.717, 1.165) is 37.7 Å². The normalized spacial score (nSPS) is 17.7. The lowest BCUT2D eigenvalue weighted by atomic mass is 9.80. The molecule has 284 valence electrons. The van der Waals surface area contributed by atoms with Crippen LogP contribution in [0.1, 0.15) is 70.8 Å². The molecule has 6 N–H and O–H groups in total. The quantitative estimate of drug-likeness (QED) is 0.0913. The van der Waals surface area contributed by atoms with E-state index in [1.807, 2.05) is 24.9 Å². The Labute approximate surface area is 313 Å². The predicted octanol–water partition coefficient (Wildman–Crippen LogP) is 4.46. The molecule has 1 aromatic heterocycles. The SMILES string of the molecule is CC/C=C(\CC)CC(=O)Nc1cccc(-n2c(O)c(C3=C(O)/C(=C4\C(=O)N=C(O)N(c5cccc(NC(=O)CC6CCCC6)c5)C4=O)C3=O)c(=O)[nH]c2=O)c1. The summed E-state index contributed by atoms with van der Waals surface area (Å²) in [5, 5.41) is 38.4. The number of hydrogen-bond acceptors (Lipinski definition) is 9. The van der Waals surface area contributed by atoms with Gasteiger partial charge in [0.05, 0.1) is 22.5 Å². The average molecular weight is 751 g/mol. The van der Waals surface area contributed by atoms with Gasteiger partial charge < -0.3 is 26.0 Å². The number of anilines is 3. The number of nitrogens with zero attached hydrogens (tertiary/aromatic N) is 3. The number of amidine groups is 1. The standard InChI is InChI=1S/C39H38N6O10/c1-3-9-20(4-2)16-26(46)40-22-12-7-14-24(18-22)44-36(52)30(34(50)42-38(44)54)28-32(48)29(33(28)49)31-35(51)43-39(55)45(37(31)53)25-15-8-13-23(19-25)41-27(47)17-21-10-5-6-11-21/h7-9,12-15,18-19,21,48,52H,3-6,10-11,16-17H2,1-2H3,(H,40,46)(H,41,47)(H,42,50,54)(H,43,51,55)/b20-9+,31-29-. The minimum atomic E-state index is -1.37. The molecule has 0 radical (unpaired) electrons. The zero-order chi connectivity index (χ0) is 39.6. The maximum Gasteiger partial charge on any atom is 0.335 e. The van der Waals surface area contributed by atoms with Crippen molar-refractivity contribution in [1.82, 2.24) is 9.55 Å². The molecule has 6 rings (SSSR count). The number of rotatable bonds is 11. The second-order valence-corrected chi connectivity index (χ2v) is 13.3. The first-order chi connectivity index (χ1) is 26.3. The number of H-pyrrole nitrogens is 1. The van der Waals surface area contributed by atoms with E-state index in [2.05, 4.69) is 15.6 Å². The molecule has 3 aromatic rings. The molecular formula is C39H38N6O10. The fourth-order valence-corrected chi connectivity index (χ4v) is 6.97. The zero-order valence-electron chi connectivity index (χ0n) is 30.0. The van der Waals surface area contributed by atoms with E-state index >= 15 is 0 Å². The van der Waals surface area contributed by atoms with Crippen LogP contribution in [0, 0.1) is 5.92 Å². The number of hydrogen-bond donors (Lipinski definition) is 6. The number of nitrogens with one attached hydrogen (secondary N) is 3. The van der Waals surface area contributed by atoms with Crippen molar-refractivity contribution in [2.45, 2.75) is 65.2 Å². The molecule has 2 heterocycles. The summed E-state index contributed by atoms with van der Waals surface area (Å²) < 4.78 is 0.639. The second kappa shape index (κ2) is 15.6. The number of aliphatic imine (C=N–C) groups is 1. The van der Waals surface area contributed by atoms with Crippen molar-refractivity contribution in [1.29, 1.82) is 0 Å². The third-order valence-electron chi connectivity index (χ3n) is 9.61. The minimum Gasteiger partial charge on any atom is -0.506 e. The third kappa shape index (κ3) is 7.51. The van der Waals surface area contributed by atoms with Gasteiger partial charge in [0.2, 0.25) is 23.5 Å². The van der Waals surface area contributed by atoms with Crippen LogP contribution in [-0.2, 0) is 24.0 Å². The van der Waals surface area contributed by atoms with E-state index in [1.54, 1.807) is 12.1 Å². The number of amides is 4.